The van der Waals surface area contributed by atoms with Gasteiger partial charge in [0, 0.05) is 24.3 Å². The van der Waals surface area contributed by atoms with Gasteiger partial charge in [0.05, 0.1) is 0 Å². The molecule has 4 nitrogen and oxygen atoms in total. The first-order valence-corrected chi connectivity index (χ1v) is 7.10. The van der Waals surface area contributed by atoms with Gasteiger partial charge in [-0.1, -0.05) is 6.92 Å². The Kier molecular flexibility index (Phi) is 4.73. The Morgan fingerprint density at radius 3 is 2.68 bits per heavy atom. The maximum absolute atomic E-state index is 12.2. The molecule has 1 aromatic rings. The average Bonchev–Trinajstić information content (AvgIpc) is 2.40. The summed E-state index contributed by atoms with van der Waals surface area (Å²) in [5.74, 6) is -1.05. The van der Waals surface area contributed by atoms with E-state index >= 15 is 0 Å². The summed E-state index contributed by atoms with van der Waals surface area (Å²) in [5.41, 5.74) is 1.95. The third-order valence-corrected chi connectivity index (χ3v) is 3.37. The Morgan fingerprint density at radius 2 is 2.05 bits per heavy atom. The average molecular weight is 314 g/mol. The predicted molar refractivity (Wildman–Crippen MR) is 76.7 cm³/mol. The molecule has 0 aliphatic carbocycles. The molecule has 1 heterocycles. The fraction of sp³-hybridized carbons (Fsp3) is 0.467. The van der Waals surface area contributed by atoms with Crippen molar-refractivity contribution in [3.8, 4) is 0 Å². The van der Waals surface area contributed by atoms with Crippen LogP contribution in [0, 0.1) is 0 Å². The summed E-state index contributed by atoms with van der Waals surface area (Å²) in [6.45, 7) is 2.57. The Labute approximate surface area is 126 Å². The maximum atomic E-state index is 12.2. The zero-order valence-electron chi connectivity index (χ0n) is 12.2. The van der Waals surface area contributed by atoms with E-state index in [1.54, 1.807) is 17.0 Å². The second kappa shape index (κ2) is 6.37. The first-order chi connectivity index (χ1) is 10.3. The molecule has 2 rings (SSSR count). The highest BCUT2D eigenvalue weighted by Gasteiger charge is 2.31. The number of amides is 2. The van der Waals surface area contributed by atoms with Crippen molar-refractivity contribution in [2.45, 2.75) is 38.8 Å². The fourth-order valence-electron chi connectivity index (χ4n) is 2.49. The summed E-state index contributed by atoms with van der Waals surface area (Å²) >= 11 is 0. The SMILES string of the molecule is CCCN1C(=O)CCc2cc(NC(=O)CC(F)(F)F)ccc21. The van der Waals surface area contributed by atoms with Gasteiger partial charge in [0.1, 0.15) is 6.42 Å². The highest BCUT2D eigenvalue weighted by molar-refractivity contribution is 5.97. The molecule has 0 saturated heterocycles. The summed E-state index contributed by atoms with van der Waals surface area (Å²) in [7, 11) is 0. The predicted octanol–water partition coefficient (Wildman–Crippen LogP) is 3.27. The number of fused-ring (bicyclic) bond motifs is 1. The number of halogens is 3. The molecular formula is C15H17F3N2O2. The number of carbonyl (C=O) groups excluding carboxylic acids is 2. The normalized spacial score (nSPS) is 14.7. The number of alkyl halides is 3. The quantitative estimate of drug-likeness (QED) is 0.927. The number of aryl methyl sites for hydroxylation is 1. The van der Waals surface area contributed by atoms with E-state index in [1.165, 1.54) is 6.07 Å². The molecule has 0 aromatic heterocycles. The van der Waals surface area contributed by atoms with E-state index < -0.39 is 18.5 Å². The molecule has 1 N–H and O–H groups in total. The smallest absolute Gasteiger partial charge is 0.326 e. The third kappa shape index (κ3) is 3.99. The lowest BCUT2D eigenvalue weighted by Crippen LogP contribution is -2.35. The van der Waals surface area contributed by atoms with Crippen molar-refractivity contribution in [1.82, 2.24) is 0 Å². The van der Waals surface area contributed by atoms with Gasteiger partial charge in [-0.2, -0.15) is 13.2 Å². The van der Waals surface area contributed by atoms with Crippen LogP contribution in [-0.2, 0) is 16.0 Å². The van der Waals surface area contributed by atoms with Gasteiger partial charge in [-0.3, -0.25) is 9.59 Å². The van der Waals surface area contributed by atoms with Crippen LogP contribution in [0.4, 0.5) is 24.5 Å². The molecule has 2 amide bonds. The number of hydrogen-bond donors (Lipinski definition) is 1. The minimum absolute atomic E-state index is 0.0446. The van der Waals surface area contributed by atoms with Crippen LogP contribution >= 0.6 is 0 Å². The molecule has 0 saturated carbocycles. The number of anilines is 2. The van der Waals surface area contributed by atoms with Crippen molar-refractivity contribution >= 4 is 23.2 Å². The molecule has 1 aromatic carbocycles. The summed E-state index contributed by atoms with van der Waals surface area (Å²) in [6.07, 6.45) is -4.33. The summed E-state index contributed by atoms with van der Waals surface area (Å²) in [6, 6.07) is 4.83. The van der Waals surface area contributed by atoms with E-state index in [4.69, 9.17) is 0 Å². The Balaban J connectivity index is 2.15. The molecule has 0 radical (unpaired) electrons. The van der Waals surface area contributed by atoms with Crippen molar-refractivity contribution in [3.63, 3.8) is 0 Å². The second-order valence-electron chi connectivity index (χ2n) is 5.23. The van der Waals surface area contributed by atoms with E-state index in [1.807, 2.05) is 6.92 Å². The minimum Gasteiger partial charge on any atom is -0.326 e. The molecule has 22 heavy (non-hydrogen) atoms. The van der Waals surface area contributed by atoms with Crippen LogP contribution in [0.1, 0.15) is 31.7 Å². The van der Waals surface area contributed by atoms with Crippen LogP contribution in [-0.4, -0.2) is 24.5 Å². The number of nitrogens with zero attached hydrogens (tertiary/aromatic N) is 1. The van der Waals surface area contributed by atoms with Gasteiger partial charge in [0.15, 0.2) is 0 Å². The van der Waals surface area contributed by atoms with Crippen molar-refractivity contribution in [2.24, 2.45) is 0 Å². The molecule has 1 aliphatic rings. The number of benzene rings is 1. The molecule has 120 valence electrons. The van der Waals surface area contributed by atoms with Gasteiger partial charge in [0.2, 0.25) is 11.8 Å². The largest absolute Gasteiger partial charge is 0.397 e. The Morgan fingerprint density at radius 1 is 1.32 bits per heavy atom. The van der Waals surface area contributed by atoms with Crippen molar-refractivity contribution in [1.29, 1.82) is 0 Å². The van der Waals surface area contributed by atoms with Crippen LogP contribution in [0.2, 0.25) is 0 Å². The zero-order chi connectivity index (χ0) is 16.3. The van der Waals surface area contributed by atoms with Gasteiger partial charge < -0.3 is 10.2 Å². The summed E-state index contributed by atoms with van der Waals surface area (Å²) < 4.78 is 36.5. The first kappa shape index (κ1) is 16.3. The lowest BCUT2D eigenvalue weighted by Gasteiger charge is -2.29. The van der Waals surface area contributed by atoms with Gasteiger partial charge in [-0.25, -0.2) is 0 Å². The van der Waals surface area contributed by atoms with Gasteiger partial charge in [-0.05, 0) is 36.6 Å². The fourth-order valence-corrected chi connectivity index (χ4v) is 2.49. The molecular weight excluding hydrogens is 297 g/mol. The highest BCUT2D eigenvalue weighted by Crippen LogP contribution is 2.30. The van der Waals surface area contributed by atoms with Crippen molar-refractivity contribution in [2.75, 3.05) is 16.8 Å². The van der Waals surface area contributed by atoms with Crippen LogP contribution in [0.15, 0.2) is 18.2 Å². The van der Waals surface area contributed by atoms with Crippen LogP contribution in [0.3, 0.4) is 0 Å². The van der Waals surface area contributed by atoms with Crippen LogP contribution < -0.4 is 10.2 Å². The Hall–Kier alpha value is -2.05. The van der Waals surface area contributed by atoms with Crippen LogP contribution in [0.5, 0.6) is 0 Å². The topological polar surface area (TPSA) is 49.4 Å². The molecule has 0 spiro atoms. The number of carbonyl (C=O) groups is 2. The standard InChI is InChI=1S/C15H17F3N2O2/c1-2-7-20-12-5-4-11(8-10(12)3-6-14(20)22)19-13(21)9-15(16,17)18/h4-5,8H,2-3,6-7,9H2,1H3,(H,19,21). The molecule has 0 unspecified atom stereocenters. The summed E-state index contributed by atoms with van der Waals surface area (Å²) in [5, 5.41) is 2.24. The number of hydrogen-bond acceptors (Lipinski definition) is 2. The lowest BCUT2D eigenvalue weighted by molar-refractivity contribution is -0.150. The molecule has 7 heteroatoms. The zero-order valence-corrected chi connectivity index (χ0v) is 12.2. The van der Waals surface area contributed by atoms with Crippen molar-refractivity contribution in [3.05, 3.63) is 23.8 Å². The van der Waals surface area contributed by atoms with E-state index in [2.05, 4.69) is 5.32 Å². The van der Waals surface area contributed by atoms with Gasteiger partial charge in [-0.15, -0.1) is 0 Å². The maximum Gasteiger partial charge on any atom is 0.397 e. The van der Waals surface area contributed by atoms with Gasteiger partial charge in [0.25, 0.3) is 0 Å². The van der Waals surface area contributed by atoms with E-state index in [9.17, 15) is 22.8 Å². The highest BCUT2D eigenvalue weighted by atomic mass is 19.4. The third-order valence-electron chi connectivity index (χ3n) is 3.37. The van der Waals surface area contributed by atoms with Gasteiger partial charge >= 0.3 is 6.18 Å². The first-order valence-electron chi connectivity index (χ1n) is 7.10. The summed E-state index contributed by atoms with van der Waals surface area (Å²) in [4.78, 5) is 24.9. The monoisotopic (exact) mass is 314 g/mol. The van der Waals surface area contributed by atoms with Crippen molar-refractivity contribution < 1.29 is 22.8 Å². The Bertz CT molecular complexity index is 585. The second-order valence-corrected chi connectivity index (χ2v) is 5.23. The molecule has 1 aliphatic heterocycles. The van der Waals surface area contributed by atoms with Crippen LogP contribution in [0.25, 0.3) is 0 Å². The molecule has 0 bridgehead atoms. The molecule has 0 atom stereocenters. The number of rotatable bonds is 4. The van der Waals surface area contributed by atoms with E-state index in [-0.39, 0.29) is 5.91 Å². The molecule has 0 fully saturated rings. The van der Waals surface area contributed by atoms with E-state index in [0.29, 0.717) is 25.1 Å². The minimum atomic E-state index is -4.53. The van der Waals surface area contributed by atoms with E-state index in [0.717, 1.165) is 17.7 Å². The number of nitrogens with one attached hydrogen (secondary N) is 1. The lowest BCUT2D eigenvalue weighted by atomic mass is 10.00.